The number of rotatable bonds is 4. The summed E-state index contributed by atoms with van der Waals surface area (Å²) in [5, 5.41) is 15.7. The van der Waals surface area contributed by atoms with Crippen LogP contribution in [0.15, 0.2) is 60.7 Å². The molecule has 0 aliphatic heterocycles. The summed E-state index contributed by atoms with van der Waals surface area (Å²) in [6, 6.07) is 17.6. The van der Waals surface area contributed by atoms with Gasteiger partial charge >= 0.3 is 0 Å². The Kier molecular flexibility index (Phi) is 4.44. The number of hydrogen-bond donors (Lipinski definition) is 1. The molecule has 0 spiro atoms. The lowest BCUT2D eigenvalue weighted by Gasteiger charge is -2.09. The van der Waals surface area contributed by atoms with E-state index in [0.29, 0.717) is 6.54 Å². The topological polar surface area (TPSA) is 72.2 Å². The maximum atomic E-state index is 12.3. The number of carbonyl (C=O) groups is 1. The highest BCUT2D eigenvalue weighted by Gasteiger charge is 2.15. The molecule has 0 saturated heterocycles. The summed E-state index contributed by atoms with van der Waals surface area (Å²) in [5.41, 5.74) is 1.05. The van der Waals surface area contributed by atoms with E-state index in [1.54, 1.807) is 0 Å². The average Bonchev–Trinajstić information content (AvgIpc) is 2.59. The molecule has 24 heavy (non-hydrogen) atoms. The molecule has 5 nitrogen and oxygen atoms in total. The number of amides is 1. The summed E-state index contributed by atoms with van der Waals surface area (Å²) >= 11 is 5.98. The molecule has 0 unspecified atom stereocenters. The van der Waals surface area contributed by atoms with E-state index in [0.717, 1.165) is 16.3 Å². The van der Waals surface area contributed by atoms with Gasteiger partial charge in [0.25, 0.3) is 11.6 Å². The summed E-state index contributed by atoms with van der Waals surface area (Å²) in [6.45, 7) is 0.341. The molecule has 3 rings (SSSR count). The maximum absolute atomic E-state index is 12.3. The van der Waals surface area contributed by atoms with Gasteiger partial charge in [-0.1, -0.05) is 54.1 Å². The Hall–Kier alpha value is -2.92. The number of halogens is 1. The minimum atomic E-state index is -0.552. The highest BCUT2D eigenvalue weighted by molar-refractivity contribution is 6.34. The van der Waals surface area contributed by atoms with Crippen molar-refractivity contribution in [3.05, 3.63) is 86.9 Å². The number of nitrogens with one attached hydrogen (secondary N) is 1. The van der Waals surface area contributed by atoms with E-state index in [2.05, 4.69) is 5.32 Å². The number of fused-ring (bicyclic) bond motifs is 1. The van der Waals surface area contributed by atoms with E-state index in [1.165, 1.54) is 18.2 Å². The predicted molar refractivity (Wildman–Crippen MR) is 93.2 cm³/mol. The van der Waals surface area contributed by atoms with Crippen molar-refractivity contribution in [2.75, 3.05) is 0 Å². The Morgan fingerprint density at radius 2 is 1.83 bits per heavy atom. The van der Waals surface area contributed by atoms with E-state index in [1.807, 2.05) is 42.5 Å². The molecular formula is C18H13ClN2O3. The van der Waals surface area contributed by atoms with Gasteiger partial charge in [0.1, 0.15) is 0 Å². The third-order valence-electron chi connectivity index (χ3n) is 3.73. The maximum Gasteiger partial charge on any atom is 0.270 e. The first kappa shape index (κ1) is 16.0. The summed E-state index contributed by atoms with van der Waals surface area (Å²) in [6.07, 6.45) is 0. The predicted octanol–water partition coefficient (Wildman–Crippen LogP) is 4.33. The number of nitrogens with zero attached hydrogens (tertiary/aromatic N) is 1. The second-order valence-corrected chi connectivity index (χ2v) is 5.65. The van der Waals surface area contributed by atoms with Gasteiger partial charge in [0.15, 0.2) is 0 Å². The van der Waals surface area contributed by atoms with Gasteiger partial charge < -0.3 is 5.32 Å². The Morgan fingerprint density at radius 3 is 2.58 bits per heavy atom. The second-order valence-electron chi connectivity index (χ2n) is 5.24. The SMILES string of the molecule is O=C(NCc1cccc2ccccc12)c1ccc([N+](=O)[O-])cc1Cl. The van der Waals surface area contributed by atoms with Crippen LogP contribution in [0.5, 0.6) is 0 Å². The molecular weight excluding hydrogens is 328 g/mol. The van der Waals surface area contributed by atoms with Crippen molar-refractivity contribution in [2.45, 2.75) is 6.54 Å². The quantitative estimate of drug-likeness (QED) is 0.567. The first-order valence-electron chi connectivity index (χ1n) is 7.25. The van der Waals surface area contributed by atoms with Crippen molar-refractivity contribution in [1.82, 2.24) is 5.32 Å². The smallest absolute Gasteiger partial charge is 0.270 e. The van der Waals surface area contributed by atoms with Crippen LogP contribution >= 0.6 is 11.6 Å². The van der Waals surface area contributed by atoms with Crippen molar-refractivity contribution in [3.8, 4) is 0 Å². The standard InChI is InChI=1S/C18H13ClN2O3/c19-17-10-14(21(23)24)8-9-16(17)18(22)20-11-13-6-3-5-12-4-1-2-7-15(12)13/h1-10H,11H2,(H,20,22). The van der Waals surface area contributed by atoms with E-state index >= 15 is 0 Å². The molecule has 6 heteroatoms. The molecule has 3 aromatic rings. The van der Waals surface area contributed by atoms with Gasteiger partial charge in [-0.05, 0) is 22.4 Å². The van der Waals surface area contributed by atoms with Crippen molar-refractivity contribution < 1.29 is 9.72 Å². The van der Waals surface area contributed by atoms with E-state index in [-0.39, 0.29) is 22.2 Å². The van der Waals surface area contributed by atoms with Crippen molar-refractivity contribution in [2.24, 2.45) is 0 Å². The van der Waals surface area contributed by atoms with Gasteiger partial charge in [0.2, 0.25) is 0 Å². The summed E-state index contributed by atoms with van der Waals surface area (Å²) in [7, 11) is 0. The third-order valence-corrected chi connectivity index (χ3v) is 4.04. The molecule has 0 heterocycles. The largest absolute Gasteiger partial charge is 0.348 e. The minimum absolute atomic E-state index is 0.0552. The zero-order valence-electron chi connectivity index (χ0n) is 12.5. The number of benzene rings is 3. The van der Waals surface area contributed by atoms with Crippen LogP contribution in [0.1, 0.15) is 15.9 Å². The van der Waals surface area contributed by atoms with Crippen molar-refractivity contribution in [1.29, 1.82) is 0 Å². The molecule has 0 radical (unpaired) electrons. The number of carbonyl (C=O) groups excluding carboxylic acids is 1. The molecule has 0 bridgehead atoms. The van der Waals surface area contributed by atoms with Gasteiger partial charge in [-0.2, -0.15) is 0 Å². The molecule has 0 aliphatic rings. The molecule has 0 aliphatic carbocycles. The fourth-order valence-electron chi connectivity index (χ4n) is 2.52. The highest BCUT2D eigenvalue weighted by Crippen LogP contribution is 2.23. The number of non-ortho nitro benzene ring substituents is 1. The van der Waals surface area contributed by atoms with Crippen molar-refractivity contribution in [3.63, 3.8) is 0 Å². The van der Waals surface area contributed by atoms with Gasteiger partial charge in [-0.3, -0.25) is 14.9 Å². The van der Waals surface area contributed by atoms with Crippen LogP contribution in [0.25, 0.3) is 10.8 Å². The average molecular weight is 341 g/mol. The fraction of sp³-hybridized carbons (Fsp3) is 0.0556. The van der Waals surface area contributed by atoms with Crippen LogP contribution in [0, 0.1) is 10.1 Å². The molecule has 0 saturated carbocycles. The zero-order chi connectivity index (χ0) is 17.1. The second kappa shape index (κ2) is 6.68. The molecule has 0 aromatic heterocycles. The lowest BCUT2D eigenvalue weighted by Crippen LogP contribution is -2.23. The Bertz CT molecular complexity index is 935. The van der Waals surface area contributed by atoms with Crippen LogP contribution in [0.4, 0.5) is 5.69 Å². The van der Waals surface area contributed by atoms with Crippen LogP contribution in [-0.4, -0.2) is 10.8 Å². The molecule has 1 N–H and O–H groups in total. The first-order chi connectivity index (χ1) is 11.6. The number of hydrogen-bond acceptors (Lipinski definition) is 3. The van der Waals surface area contributed by atoms with Crippen LogP contribution in [0.3, 0.4) is 0 Å². The summed E-state index contributed by atoms with van der Waals surface area (Å²) in [4.78, 5) is 22.5. The third kappa shape index (κ3) is 3.21. The lowest BCUT2D eigenvalue weighted by molar-refractivity contribution is -0.384. The van der Waals surface area contributed by atoms with E-state index in [9.17, 15) is 14.9 Å². The lowest BCUT2D eigenvalue weighted by atomic mass is 10.0. The van der Waals surface area contributed by atoms with Gasteiger partial charge in [-0.15, -0.1) is 0 Å². The van der Waals surface area contributed by atoms with Crippen LogP contribution in [0.2, 0.25) is 5.02 Å². The molecule has 1 amide bonds. The van der Waals surface area contributed by atoms with Crippen LogP contribution < -0.4 is 5.32 Å². The normalized spacial score (nSPS) is 10.5. The monoisotopic (exact) mass is 340 g/mol. The summed E-state index contributed by atoms with van der Waals surface area (Å²) < 4.78 is 0. The minimum Gasteiger partial charge on any atom is -0.348 e. The Labute approximate surface area is 143 Å². The molecule has 120 valence electrons. The van der Waals surface area contributed by atoms with E-state index < -0.39 is 4.92 Å². The van der Waals surface area contributed by atoms with Gasteiger partial charge in [0, 0.05) is 18.7 Å². The van der Waals surface area contributed by atoms with Gasteiger partial charge in [-0.25, -0.2) is 0 Å². The Balaban J connectivity index is 1.79. The zero-order valence-corrected chi connectivity index (χ0v) is 13.3. The fourth-order valence-corrected chi connectivity index (χ4v) is 2.78. The van der Waals surface area contributed by atoms with Gasteiger partial charge in [0.05, 0.1) is 15.5 Å². The Morgan fingerprint density at radius 1 is 1.08 bits per heavy atom. The molecule has 0 fully saturated rings. The van der Waals surface area contributed by atoms with Crippen molar-refractivity contribution >= 4 is 34.0 Å². The van der Waals surface area contributed by atoms with E-state index in [4.69, 9.17) is 11.6 Å². The van der Waals surface area contributed by atoms with Crippen LogP contribution in [-0.2, 0) is 6.54 Å². The number of nitro groups is 1. The summed E-state index contributed by atoms with van der Waals surface area (Å²) in [5.74, 6) is -0.372. The first-order valence-corrected chi connectivity index (χ1v) is 7.63. The highest BCUT2D eigenvalue weighted by atomic mass is 35.5. The molecule has 3 aromatic carbocycles. The molecule has 0 atom stereocenters. The number of nitro benzene ring substituents is 1.